The minimum absolute atomic E-state index is 0.330. The lowest BCUT2D eigenvalue weighted by atomic mass is 9.96. The number of halogens is 2. The Labute approximate surface area is 88.6 Å². The Morgan fingerprint density at radius 3 is 2.33 bits per heavy atom. The van der Waals surface area contributed by atoms with Crippen LogP contribution in [-0.2, 0) is 4.79 Å². The minimum Gasteiger partial charge on any atom is -0.300 e. The smallest absolute Gasteiger partial charge is 0.241 e. The number of ketones is 1. The van der Waals surface area contributed by atoms with Gasteiger partial charge in [-0.25, -0.2) is 8.78 Å². The molecule has 0 aromatic rings. The number of nitrogens with zero attached hydrogens (tertiary/aromatic N) is 1. The molecule has 1 aliphatic carbocycles. The number of piperidine rings is 1. The first kappa shape index (κ1) is 11.0. The van der Waals surface area contributed by atoms with E-state index < -0.39 is 12.3 Å². The van der Waals surface area contributed by atoms with Gasteiger partial charge in [0.25, 0.3) is 0 Å². The summed E-state index contributed by atoms with van der Waals surface area (Å²) in [4.78, 5) is 13.3. The second-order valence-electron chi connectivity index (χ2n) is 4.64. The number of likely N-dealkylation sites (tertiary alicyclic amines) is 1. The molecule has 2 nitrogen and oxygen atoms in total. The summed E-state index contributed by atoms with van der Waals surface area (Å²) in [5.74, 6) is -0.0886. The van der Waals surface area contributed by atoms with Crippen LogP contribution in [0.3, 0.4) is 0 Å². The van der Waals surface area contributed by atoms with Gasteiger partial charge in [0.15, 0.2) is 0 Å². The summed E-state index contributed by atoms with van der Waals surface area (Å²) in [6, 6.07) is 0.344. The zero-order valence-corrected chi connectivity index (χ0v) is 8.79. The number of alkyl halides is 2. The third kappa shape index (κ3) is 2.54. The van der Waals surface area contributed by atoms with Crippen molar-refractivity contribution in [1.29, 1.82) is 0 Å². The first-order valence-corrected chi connectivity index (χ1v) is 5.70. The normalized spacial score (nSPS) is 30.3. The van der Waals surface area contributed by atoms with Crippen molar-refractivity contribution in [3.8, 4) is 0 Å². The van der Waals surface area contributed by atoms with Crippen molar-refractivity contribution in [1.82, 2.24) is 4.90 Å². The number of hydrogen-bond acceptors (Lipinski definition) is 2. The third-order valence-electron chi connectivity index (χ3n) is 3.67. The summed E-state index contributed by atoms with van der Waals surface area (Å²) in [6.45, 7) is 1.49. The van der Waals surface area contributed by atoms with Crippen molar-refractivity contribution in [2.45, 2.75) is 44.6 Å². The number of carbonyl (C=O) groups is 1. The van der Waals surface area contributed by atoms with Crippen LogP contribution in [0.5, 0.6) is 0 Å². The summed E-state index contributed by atoms with van der Waals surface area (Å²) < 4.78 is 24.8. The quantitative estimate of drug-likeness (QED) is 0.706. The average Bonchev–Trinajstić information content (AvgIpc) is 2.65. The molecule has 1 heterocycles. The van der Waals surface area contributed by atoms with Gasteiger partial charge in [-0.05, 0) is 32.4 Å². The molecule has 1 atom stereocenters. The van der Waals surface area contributed by atoms with E-state index in [1.54, 1.807) is 0 Å². The fourth-order valence-corrected chi connectivity index (χ4v) is 2.64. The molecule has 2 fully saturated rings. The van der Waals surface area contributed by atoms with Crippen LogP contribution in [-0.4, -0.2) is 36.2 Å². The van der Waals surface area contributed by atoms with Gasteiger partial charge in [-0.15, -0.1) is 0 Å². The predicted octanol–water partition coefficient (Wildman–Crippen LogP) is 2.09. The maximum Gasteiger partial charge on any atom is 0.241 e. The molecular weight excluding hydrogens is 200 g/mol. The maximum absolute atomic E-state index is 12.4. The van der Waals surface area contributed by atoms with Crippen LogP contribution in [0.4, 0.5) is 8.78 Å². The molecule has 0 spiro atoms. The molecule has 86 valence electrons. The summed E-state index contributed by atoms with van der Waals surface area (Å²) in [7, 11) is 0. The minimum atomic E-state index is -2.17. The molecule has 1 aliphatic heterocycles. The maximum atomic E-state index is 12.4. The predicted molar refractivity (Wildman–Crippen MR) is 52.9 cm³/mol. The van der Waals surface area contributed by atoms with Gasteiger partial charge < -0.3 is 0 Å². The lowest BCUT2D eigenvalue weighted by Gasteiger charge is -2.35. The van der Waals surface area contributed by atoms with Gasteiger partial charge in [0, 0.05) is 24.8 Å². The Balaban J connectivity index is 1.80. The van der Waals surface area contributed by atoms with E-state index in [1.807, 2.05) is 0 Å². The Morgan fingerprint density at radius 1 is 1.20 bits per heavy atom. The Kier molecular flexibility index (Phi) is 3.34. The van der Waals surface area contributed by atoms with Crippen LogP contribution >= 0.6 is 0 Å². The lowest BCUT2D eigenvalue weighted by Crippen LogP contribution is -2.41. The highest BCUT2D eigenvalue weighted by Crippen LogP contribution is 2.28. The average molecular weight is 217 g/mol. The van der Waals surface area contributed by atoms with E-state index in [0.717, 1.165) is 19.5 Å². The molecule has 0 aromatic heterocycles. The largest absolute Gasteiger partial charge is 0.300 e. The van der Waals surface area contributed by atoms with Crippen molar-refractivity contribution in [2.75, 3.05) is 13.1 Å². The first-order valence-electron chi connectivity index (χ1n) is 5.70. The summed E-state index contributed by atoms with van der Waals surface area (Å²) >= 11 is 0. The fourth-order valence-electron chi connectivity index (χ4n) is 2.64. The first-order chi connectivity index (χ1) is 7.16. The van der Waals surface area contributed by atoms with Gasteiger partial charge in [-0.1, -0.05) is 0 Å². The molecule has 1 unspecified atom stereocenters. The number of rotatable bonds is 2. The zero-order chi connectivity index (χ0) is 10.8. The fraction of sp³-hybridized carbons (Fsp3) is 0.909. The molecule has 0 amide bonds. The van der Waals surface area contributed by atoms with Crippen LogP contribution in [0.25, 0.3) is 0 Å². The molecule has 15 heavy (non-hydrogen) atoms. The van der Waals surface area contributed by atoms with Crippen molar-refractivity contribution >= 4 is 5.78 Å². The second kappa shape index (κ2) is 4.56. The molecule has 2 aliphatic rings. The molecule has 0 bridgehead atoms. The highest BCUT2D eigenvalue weighted by Gasteiger charge is 2.32. The summed E-state index contributed by atoms with van der Waals surface area (Å²) in [5.41, 5.74) is 0. The highest BCUT2D eigenvalue weighted by atomic mass is 19.3. The molecule has 1 saturated heterocycles. The van der Waals surface area contributed by atoms with Crippen molar-refractivity contribution < 1.29 is 13.6 Å². The SMILES string of the molecule is O=C1CCC(N2CCC(C(F)F)CC2)C1. The Morgan fingerprint density at radius 2 is 1.87 bits per heavy atom. The Hall–Kier alpha value is -0.510. The van der Waals surface area contributed by atoms with Crippen LogP contribution in [0.1, 0.15) is 32.1 Å². The van der Waals surface area contributed by atoms with E-state index in [9.17, 15) is 13.6 Å². The molecule has 0 N–H and O–H groups in total. The number of hydrogen-bond donors (Lipinski definition) is 0. The molecule has 0 aromatic carbocycles. The molecular formula is C11H17F2NO. The van der Waals surface area contributed by atoms with Crippen LogP contribution in [0.2, 0.25) is 0 Å². The zero-order valence-electron chi connectivity index (χ0n) is 8.79. The molecule has 2 rings (SSSR count). The van der Waals surface area contributed by atoms with Gasteiger partial charge in [-0.3, -0.25) is 9.69 Å². The number of carbonyl (C=O) groups excluding carboxylic acids is 1. The lowest BCUT2D eigenvalue weighted by molar-refractivity contribution is -0.117. The van der Waals surface area contributed by atoms with Gasteiger partial charge in [-0.2, -0.15) is 0 Å². The second-order valence-corrected chi connectivity index (χ2v) is 4.64. The van der Waals surface area contributed by atoms with Crippen LogP contribution in [0, 0.1) is 5.92 Å². The van der Waals surface area contributed by atoms with E-state index in [1.165, 1.54) is 0 Å². The molecule has 0 radical (unpaired) electrons. The van der Waals surface area contributed by atoms with Gasteiger partial charge in [0.2, 0.25) is 6.43 Å². The van der Waals surface area contributed by atoms with Crippen molar-refractivity contribution in [3.05, 3.63) is 0 Å². The number of Topliss-reactive ketones (excluding diaryl/α,β-unsaturated/α-hetero) is 1. The summed E-state index contributed by atoms with van der Waals surface area (Å²) in [5, 5.41) is 0. The van der Waals surface area contributed by atoms with Crippen LogP contribution < -0.4 is 0 Å². The van der Waals surface area contributed by atoms with Gasteiger partial charge in [0.1, 0.15) is 5.78 Å². The monoisotopic (exact) mass is 217 g/mol. The van der Waals surface area contributed by atoms with Crippen molar-refractivity contribution in [3.63, 3.8) is 0 Å². The van der Waals surface area contributed by atoms with Crippen molar-refractivity contribution in [2.24, 2.45) is 5.92 Å². The van der Waals surface area contributed by atoms with E-state index >= 15 is 0 Å². The highest BCUT2D eigenvalue weighted by molar-refractivity contribution is 5.81. The van der Waals surface area contributed by atoms with Crippen LogP contribution in [0.15, 0.2) is 0 Å². The standard InChI is InChI=1S/C11H17F2NO/c12-11(13)8-3-5-14(6-4-8)9-1-2-10(15)7-9/h8-9,11H,1-7H2. The molecule has 1 saturated carbocycles. The Bertz CT molecular complexity index is 237. The topological polar surface area (TPSA) is 20.3 Å². The van der Waals surface area contributed by atoms with E-state index in [0.29, 0.717) is 37.5 Å². The van der Waals surface area contributed by atoms with Gasteiger partial charge in [0.05, 0.1) is 0 Å². The third-order valence-corrected chi connectivity index (χ3v) is 3.67. The van der Waals surface area contributed by atoms with Gasteiger partial charge >= 0.3 is 0 Å². The van der Waals surface area contributed by atoms with E-state index in [2.05, 4.69) is 4.90 Å². The summed E-state index contributed by atoms with van der Waals surface area (Å²) in [6.07, 6.45) is 1.25. The van der Waals surface area contributed by atoms with E-state index in [-0.39, 0.29) is 0 Å². The van der Waals surface area contributed by atoms with E-state index in [4.69, 9.17) is 0 Å². The molecule has 4 heteroatoms.